The smallest absolute Gasteiger partial charge is 0.253 e. The average Bonchev–Trinajstić information content (AvgIpc) is 2.44. The van der Waals surface area contributed by atoms with Gasteiger partial charge in [-0.25, -0.2) is 0 Å². The first-order valence-corrected chi connectivity index (χ1v) is 6.37. The Balaban J connectivity index is 2.36. The predicted molar refractivity (Wildman–Crippen MR) is 74.9 cm³/mol. The summed E-state index contributed by atoms with van der Waals surface area (Å²) in [6.45, 7) is 3.37. The first kappa shape index (κ1) is 15.6. The molecule has 0 aliphatic rings. The highest BCUT2D eigenvalue weighted by Crippen LogP contribution is 2.10. The zero-order valence-corrected chi connectivity index (χ0v) is 11.5. The monoisotopic (exact) mass is 266 g/mol. The number of carbonyl (C=O) groups excluding carboxylic acids is 1. The first-order valence-electron chi connectivity index (χ1n) is 6.37. The van der Waals surface area contributed by atoms with Crippen molar-refractivity contribution in [1.82, 2.24) is 0 Å². The van der Waals surface area contributed by atoms with Gasteiger partial charge in [-0.2, -0.15) is 0 Å². The number of nitrogens with one attached hydrogen (secondary N) is 1. The first-order chi connectivity index (χ1) is 9.17. The number of anilines is 1. The molecule has 5 heteroatoms. The maximum Gasteiger partial charge on any atom is 0.253 e. The Morgan fingerprint density at radius 2 is 2.00 bits per heavy atom. The molecule has 1 rings (SSSR count). The minimum absolute atomic E-state index is 0.155. The van der Waals surface area contributed by atoms with Crippen molar-refractivity contribution in [3.63, 3.8) is 0 Å². The Morgan fingerprint density at radius 1 is 1.32 bits per heavy atom. The predicted octanol–water partition coefficient (Wildman–Crippen LogP) is 1.53. The lowest BCUT2D eigenvalue weighted by atomic mass is 10.2. The van der Waals surface area contributed by atoms with Crippen molar-refractivity contribution in [3.05, 3.63) is 29.8 Å². The molecular weight excluding hydrogens is 244 g/mol. The fourth-order valence-corrected chi connectivity index (χ4v) is 1.51. The van der Waals surface area contributed by atoms with Gasteiger partial charge in [-0.15, -0.1) is 0 Å². The number of methoxy groups -OCH3 is 1. The molecule has 106 valence electrons. The van der Waals surface area contributed by atoms with Gasteiger partial charge in [0, 0.05) is 32.6 Å². The summed E-state index contributed by atoms with van der Waals surface area (Å²) in [6, 6.07) is 7.44. The summed E-state index contributed by atoms with van der Waals surface area (Å²) in [5.74, 6) is -0.155. The zero-order chi connectivity index (χ0) is 14.1. The van der Waals surface area contributed by atoms with Crippen LogP contribution in [0.5, 0.6) is 0 Å². The van der Waals surface area contributed by atoms with Crippen LogP contribution in [0.3, 0.4) is 0 Å². The summed E-state index contributed by atoms with van der Waals surface area (Å²) in [4.78, 5) is 11.8. The molecule has 1 aromatic carbocycles. The third-order valence-electron chi connectivity index (χ3n) is 2.69. The second-order valence-corrected chi connectivity index (χ2v) is 4.25. The molecule has 0 aliphatic carbocycles. The summed E-state index contributed by atoms with van der Waals surface area (Å²) in [5.41, 5.74) is 7.29. The third kappa shape index (κ3) is 5.83. The fourth-order valence-electron chi connectivity index (χ4n) is 1.51. The normalized spacial score (nSPS) is 12.2. The topological polar surface area (TPSA) is 73.6 Å². The largest absolute Gasteiger partial charge is 0.385 e. The van der Waals surface area contributed by atoms with E-state index in [0.717, 1.165) is 17.7 Å². The van der Waals surface area contributed by atoms with Crippen LogP contribution in [0.4, 0.5) is 5.69 Å². The van der Waals surface area contributed by atoms with Crippen LogP contribution >= 0.6 is 0 Å². The van der Waals surface area contributed by atoms with Crippen LogP contribution in [0.15, 0.2) is 24.3 Å². The van der Waals surface area contributed by atoms with Gasteiger partial charge >= 0.3 is 0 Å². The van der Waals surface area contributed by atoms with E-state index in [2.05, 4.69) is 5.32 Å². The molecule has 0 bridgehead atoms. The summed E-state index contributed by atoms with van der Waals surface area (Å²) in [5, 5.41) is 2.80. The van der Waals surface area contributed by atoms with E-state index in [1.165, 1.54) is 0 Å². The number of carbonyl (C=O) groups is 1. The van der Waals surface area contributed by atoms with Crippen LogP contribution < -0.4 is 11.1 Å². The maximum atomic E-state index is 11.8. The molecule has 0 fully saturated rings. The average molecular weight is 266 g/mol. The van der Waals surface area contributed by atoms with E-state index >= 15 is 0 Å². The highest BCUT2D eigenvalue weighted by Gasteiger charge is 2.13. The highest BCUT2D eigenvalue weighted by molar-refractivity contribution is 5.93. The summed E-state index contributed by atoms with van der Waals surface area (Å²) in [6.07, 6.45) is 0.297. The molecule has 1 aromatic rings. The van der Waals surface area contributed by atoms with E-state index in [1.54, 1.807) is 14.0 Å². The lowest BCUT2D eigenvalue weighted by Crippen LogP contribution is -2.28. The summed E-state index contributed by atoms with van der Waals surface area (Å²) < 4.78 is 10.3. The van der Waals surface area contributed by atoms with Gasteiger partial charge < -0.3 is 20.5 Å². The number of hydrogen-bond donors (Lipinski definition) is 2. The van der Waals surface area contributed by atoms with Gasteiger partial charge in [-0.1, -0.05) is 12.1 Å². The van der Waals surface area contributed by atoms with Crippen LogP contribution in [-0.4, -0.2) is 32.3 Å². The van der Waals surface area contributed by atoms with Gasteiger partial charge in [0.2, 0.25) is 0 Å². The van der Waals surface area contributed by atoms with Crippen LogP contribution in [0.25, 0.3) is 0 Å². The molecular formula is C14H22N2O3. The Hall–Kier alpha value is -1.43. The van der Waals surface area contributed by atoms with E-state index < -0.39 is 6.10 Å². The van der Waals surface area contributed by atoms with E-state index in [4.69, 9.17) is 15.2 Å². The van der Waals surface area contributed by atoms with Crippen LogP contribution in [-0.2, 0) is 20.8 Å². The van der Waals surface area contributed by atoms with Gasteiger partial charge in [0.05, 0.1) is 0 Å². The molecule has 0 saturated carbocycles. The van der Waals surface area contributed by atoms with Crippen molar-refractivity contribution in [2.45, 2.75) is 26.0 Å². The molecule has 0 aromatic heterocycles. The molecule has 19 heavy (non-hydrogen) atoms. The zero-order valence-electron chi connectivity index (χ0n) is 11.5. The quantitative estimate of drug-likeness (QED) is 0.700. The highest BCUT2D eigenvalue weighted by atomic mass is 16.5. The second kappa shape index (κ2) is 8.63. The number of ether oxygens (including phenoxy) is 2. The minimum Gasteiger partial charge on any atom is -0.385 e. The summed E-state index contributed by atoms with van der Waals surface area (Å²) >= 11 is 0. The molecule has 5 nitrogen and oxygen atoms in total. The number of nitrogens with two attached hydrogens (primary N) is 1. The Kier molecular flexibility index (Phi) is 7.10. The van der Waals surface area contributed by atoms with Crippen LogP contribution in [0.1, 0.15) is 18.9 Å². The Bertz CT molecular complexity index is 379. The second-order valence-electron chi connectivity index (χ2n) is 4.25. The lowest BCUT2D eigenvalue weighted by Gasteiger charge is -2.13. The molecule has 1 atom stereocenters. The van der Waals surface area contributed by atoms with Crippen molar-refractivity contribution in [3.8, 4) is 0 Å². The van der Waals surface area contributed by atoms with E-state index in [9.17, 15) is 4.79 Å². The van der Waals surface area contributed by atoms with Crippen molar-refractivity contribution in [1.29, 1.82) is 0 Å². The van der Waals surface area contributed by atoms with Crippen molar-refractivity contribution in [2.24, 2.45) is 5.73 Å². The van der Waals surface area contributed by atoms with Gasteiger partial charge in [-0.05, 0) is 31.0 Å². The van der Waals surface area contributed by atoms with Crippen molar-refractivity contribution in [2.75, 3.05) is 25.6 Å². The molecule has 0 radical (unpaired) electrons. The number of rotatable bonds is 8. The minimum atomic E-state index is -0.481. The summed E-state index contributed by atoms with van der Waals surface area (Å²) in [7, 11) is 1.64. The van der Waals surface area contributed by atoms with E-state index in [-0.39, 0.29) is 5.91 Å². The maximum absolute atomic E-state index is 11.8. The molecule has 3 N–H and O–H groups in total. The SMILES string of the molecule is COCCCOC(C)C(=O)Nc1ccc(CN)cc1. The molecule has 0 saturated heterocycles. The van der Waals surface area contributed by atoms with E-state index in [1.807, 2.05) is 24.3 Å². The van der Waals surface area contributed by atoms with Crippen LogP contribution in [0.2, 0.25) is 0 Å². The fraction of sp³-hybridized carbons (Fsp3) is 0.500. The molecule has 1 amide bonds. The molecule has 1 unspecified atom stereocenters. The van der Waals surface area contributed by atoms with Crippen molar-refractivity contribution < 1.29 is 14.3 Å². The van der Waals surface area contributed by atoms with Gasteiger partial charge in [0.1, 0.15) is 6.10 Å². The molecule has 0 heterocycles. The Morgan fingerprint density at radius 3 is 2.58 bits per heavy atom. The molecule has 0 aliphatic heterocycles. The van der Waals surface area contributed by atoms with Gasteiger partial charge in [0.25, 0.3) is 5.91 Å². The van der Waals surface area contributed by atoms with E-state index in [0.29, 0.717) is 19.8 Å². The number of benzene rings is 1. The third-order valence-corrected chi connectivity index (χ3v) is 2.69. The number of hydrogen-bond acceptors (Lipinski definition) is 4. The number of amides is 1. The molecule has 0 spiro atoms. The Labute approximate surface area is 114 Å². The standard InChI is InChI=1S/C14H22N2O3/c1-11(19-9-3-8-18-2)14(17)16-13-6-4-12(10-15)5-7-13/h4-7,11H,3,8-10,15H2,1-2H3,(H,16,17). The van der Waals surface area contributed by atoms with Gasteiger partial charge in [-0.3, -0.25) is 4.79 Å². The van der Waals surface area contributed by atoms with Crippen LogP contribution in [0, 0.1) is 0 Å². The van der Waals surface area contributed by atoms with Crippen molar-refractivity contribution >= 4 is 11.6 Å². The van der Waals surface area contributed by atoms with Gasteiger partial charge in [0.15, 0.2) is 0 Å². The lowest BCUT2D eigenvalue weighted by molar-refractivity contribution is -0.126.